The molecule has 0 saturated heterocycles. The maximum absolute atomic E-state index is 9.90. The topological polar surface area (TPSA) is 23.5 Å². The molecule has 0 fully saturated rings. The molecule has 2 aromatic rings. The number of anilines is 1. The van der Waals surface area contributed by atoms with Crippen molar-refractivity contribution in [3.63, 3.8) is 0 Å². The van der Waals surface area contributed by atoms with Crippen LogP contribution in [0.2, 0.25) is 0 Å². The van der Waals surface area contributed by atoms with Crippen LogP contribution in [-0.2, 0) is 0 Å². The summed E-state index contributed by atoms with van der Waals surface area (Å²) in [5, 5.41) is 9.90. The van der Waals surface area contributed by atoms with Crippen LogP contribution in [0.15, 0.2) is 48.5 Å². The number of aryl methyl sites for hydroxylation is 1. The third kappa shape index (κ3) is 2.48. The molecule has 1 N–H and O–H groups in total. The van der Waals surface area contributed by atoms with Crippen LogP contribution in [0.5, 0.6) is 5.75 Å². The minimum absolute atomic E-state index is 0.132. The Morgan fingerprint density at radius 1 is 1.06 bits per heavy atom. The summed E-state index contributed by atoms with van der Waals surface area (Å²) in [6, 6.07) is 16.0. The van der Waals surface area contributed by atoms with Crippen LogP contribution in [0.25, 0.3) is 0 Å². The summed E-state index contributed by atoms with van der Waals surface area (Å²) < 4.78 is 0. The minimum Gasteiger partial charge on any atom is -0.508 e. The monoisotopic (exact) mass is 241 g/mol. The molecule has 1 unspecified atom stereocenters. The lowest BCUT2D eigenvalue weighted by atomic mass is 10.1. The van der Waals surface area contributed by atoms with E-state index in [0.717, 1.165) is 11.3 Å². The van der Waals surface area contributed by atoms with Gasteiger partial charge in [-0.1, -0.05) is 30.3 Å². The molecule has 0 aliphatic carbocycles. The zero-order valence-electron chi connectivity index (χ0n) is 11.1. The Morgan fingerprint density at radius 3 is 2.44 bits per heavy atom. The van der Waals surface area contributed by atoms with Gasteiger partial charge < -0.3 is 10.0 Å². The molecule has 0 heterocycles. The van der Waals surface area contributed by atoms with E-state index < -0.39 is 0 Å². The highest BCUT2D eigenvalue weighted by Gasteiger charge is 2.15. The summed E-state index contributed by atoms with van der Waals surface area (Å²) in [6.07, 6.45) is 0. The lowest BCUT2D eigenvalue weighted by molar-refractivity contribution is 0.462. The molecule has 0 spiro atoms. The van der Waals surface area contributed by atoms with Gasteiger partial charge in [0.1, 0.15) is 5.75 Å². The average Bonchev–Trinajstić information content (AvgIpc) is 2.37. The quantitative estimate of drug-likeness (QED) is 0.881. The molecular formula is C16H19NO. The number of nitrogens with zero attached hydrogens (tertiary/aromatic N) is 1. The molecule has 2 rings (SSSR count). The van der Waals surface area contributed by atoms with Crippen LogP contribution in [0.1, 0.15) is 24.1 Å². The van der Waals surface area contributed by atoms with E-state index in [1.54, 1.807) is 6.07 Å². The van der Waals surface area contributed by atoms with E-state index in [9.17, 15) is 5.11 Å². The predicted octanol–water partition coefficient (Wildman–Crippen LogP) is 3.90. The van der Waals surface area contributed by atoms with Crippen molar-refractivity contribution in [2.75, 3.05) is 11.9 Å². The summed E-state index contributed by atoms with van der Waals surface area (Å²) in [4.78, 5) is 2.17. The number of hydrogen-bond acceptors (Lipinski definition) is 2. The molecule has 2 heteroatoms. The summed E-state index contributed by atoms with van der Waals surface area (Å²) >= 11 is 0. The van der Waals surface area contributed by atoms with E-state index >= 15 is 0 Å². The van der Waals surface area contributed by atoms with Gasteiger partial charge in [0, 0.05) is 18.3 Å². The first-order chi connectivity index (χ1) is 8.59. The van der Waals surface area contributed by atoms with Gasteiger partial charge in [-0.15, -0.1) is 0 Å². The van der Waals surface area contributed by atoms with E-state index in [1.165, 1.54) is 5.56 Å². The highest BCUT2D eigenvalue weighted by molar-refractivity contribution is 5.51. The minimum atomic E-state index is 0.132. The molecule has 0 amide bonds. The second-order valence-electron chi connectivity index (χ2n) is 4.68. The molecule has 0 aliphatic rings. The first kappa shape index (κ1) is 12.5. The average molecular weight is 241 g/mol. The Balaban J connectivity index is 2.29. The van der Waals surface area contributed by atoms with Crippen LogP contribution in [0, 0.1) is 6.92 Å². The standard InChI is InChI=1S/C16H19NO/c1-12-7-6-8-14(11-12)17(3)13(2)15-9-4-5-10-16(15)18/h4-11,13,18H,1-3H3. The zero-order chi connectivity index (χ0) is 13.1. The first-order valence-electron chi connectivity index (χ1n) is 6.17. The molecule has 18 heavy (non-hydrogen) atoms. The van der Waals surface area contributed by atoms with Crippen molar-refractivity contribution in [2.24, 2.45) is 0 Å². The highest BCUT2D eigenvalue weighted by Crippen LogP contribution is 2.30. The molecule has 0 bridgehead atoms. The number of para-hydroxylation sites is 1. The maximum Gasteiger partial charge on any atom is 0.120 e. The number of phenols is 1. The molecular weight excluding hydrogens is 222 g/mol. The Kier molecular flexibility index (Phi) is 3.56. The van der Waals surface area contributed by atoms with Crippen molar-refractivity contribution in [1.29, 1.82) is 0 Å². The summed E-state index contributed by atoms with van der Waals surface area (Å²) in [7, 11) is 2.05. The normalized spacial score (nSPS) is 12.2. The molecule has 0 aromatic heterocycles. The summed E-state index contributed by atoms with van der Waals surface area (Å²) in [5.74, 6) is 0.351. The van der Waals surface area contributed by atoms with Gasteiger partial charge in [-0.3, -0.25) is 0 Å². The number of phenolic OH excluding ortho intramolecular Hbond substituents is 1. The smallest absolute Gasteiger partial charge is 0.120 e. The Hall–Kier alpha value is -1.96. The van der Waals surface area contributed by atoms with Crippen molar-refractivity contribution in [3.8, 4) is 5.75 Å². The molecule has 94 valence electrons. The molecule has 0 saturated carbocycles. The van der Waals surface area contributed by atoms with Crippen LogP contribution >= 0.6 is 0 Å². The molecule has 0 radical (unpaired) electrons. The zero-order valence-corrected chi connectivity index (χ0v) is 11.1. The van der Waals surface area contributed by atoms with Gasteiger partial charge in [0.05, 0.1) is 6.04 Å². The van der Waals surface area contributed by atoms with Gasteiger partial charge in [-0.2, -0.15) is 0 Å². The van der Waals surface area contributed by atoms with E-state index in [1.807, 2.05) is 25.2 Å². The van der Waals surface area contributed by atoms with E-state index in [0.29, 0.717) is 5.75 Å². The van der Waals surface area contributed by atoms with E-state index in [-0.39, 0.29) is 6.04 Å². The van der Waals surface area contributed by atoms with E-state index in [2.05, 4.69) is 43.0 Å². The van der Waals surface area contributed by atoms with Crippen molar-refractivity contribution in [3.05, 3.63) is 59.7 Å². The lowest BCUT2D eigenvalue weighted by Crippen LogP contribution is -2.21. The Morgan fingerprint density at radius 2 is 1.78 bits per heavy atom. The number of benzene rings is 2. The predicted molar refractivity (Wildman–Crippen MR) is 76.1 cm³/mol. The Bertz CT molecular complexity index is 536. The SMILES string of the molecule is Cc1cccc(N(C)C(C)c2ccccc2O)c1. The first-order valence-corrected chi connectivity index (χ1v) is 6.17. The van der Waals surface area contributed by atoms with Crippen molar-refractivity contribution in [2.45, 2.75) is 19.9 Å². The van der Waals surface area contributed by atoms with E-state index in [4.69, 9.17) is 0 Å². The molecule has 2 nitrogen and oxygen atoms in total. The lowest BCUT2D eigenvalue weighted by Gasteiger charge is -2.28. The van der Waals surface area contributed by atoms with Crippen LogP contribution < -0.4 is 4.90 Å². The van der Waals surface area contributed by atoms with Gasteiger partial charge in [0.2, 0.25) is 0 Å². The number of rotatable bonds is 3. The third-order valence-corrected chi connectivity index (χ3v) is 3.38. The van der Waals surface area contributed by atoms with Gasteiger partial charge in [-0.05, 0) is 37.6 Å². The number of aromatic hydroxyl groups is 1. The van der Waals surface area contributed by atoms with Gasteiger partial charge in [0.15, 0.2) is 0 Å². The van der Waals surface area contributed by atoms with Gasteiger partial charge in [-0.25, -0.2) is 0 Å². The van der Waals surface area contributed by atoms with Gasteiger partial charge in [0.25, 0.3) is 0 Å². The second kappa shape index (κ2) is 5.13. The van der Waals surface area contributed by atoms with Crippen molar-refractivity contribution < 1.29 is 5.11 Å². The third-order valence-electron chi connectivity index (χ3n) is 3.38. The fraction of sp³-hybridized carbons (Fsp3) is 0.250. The second-order valence-corrected chi connectivity index (χ2v) is 4.68. The summed E-state index contributed by atoms with van der Waals surface area (Å²) in [5.41, 5.74) is 3.34. The molecule has 2 aromatic carbocycles. The van der Waals surface area contributed by atoms with Crippen LogP contribution in [0.3, 0.4) is 0 Å². The maximum atomic E-state index is 9.90. The largest absolute Gasteiger partial charge is 0.508 e. The number of hydrogen-bond donors (Lipinski definition) is 1. The van der Waals surface area contributed by atoms with Crippen LogP contribution in [-0.4, -0.2) is 12.2 Å². The van der Waals surface area contributed by atoms with Crippen molar-refractivity contribution in [1.82, 2.24) is 0 Å². The Labute approximate surface area is 109 Å². The fourth-order valence-corrected chi connectivity index (χ4v) is 2.12. The summed E-state index contributed by atoms with van der Waals surface area (Å²) in [6.45, 7) is 4.18. The van der Waals surface area contributed by atoms with Crippen LogP contribution in [0.4, 0.5) is 5.69 Å². The highest BCUT2D eigenvalue weighted by atomic mass is 16.3. The molecule has 1 atom stereocenters. The van der Waals surface area contributed by atoms with Gasteiger partial charge >= 0.3 is 0 Å². The fourth-order valence-electron chi connectivity index (χ4n) is 2.12. The van der Waals surface area contributed by atoms with Crippen molar-refractivity contribution >= 4 is 5.69 Å². The molecule has 0 aliphatic heterocycles.